The summed E-state index contributed by atoms with van der Waals surface area (Å²) < 4.78 is 0.876. The minimum atomic E-state index is 0.639. The van der Waals surface area contributed by atoms with Crippen molar-refractivity contribution in [2.24, 2.45) is 0 Å². The van der Waals surface area contributed by atoms with E-state index in [2.05, 4.69) is 26.9 Å². The second-order valence-corrected chi connectivity index (χ2v) is 5.35. The van der Waals surface area contributed by atoms with Gasteiger partial charge in [-0.05, 0) is 51.8 Å². The fourth-order valence-electron chi connectivity index (χ4n) is 2.00. The molecule has 0 radical (unpaired) electrons. The van der Waals surface area contributed by atoms with Gasteiger partial charge in [0.05, 0.1) is 17.3 Å². The Bertz CT molecular complexity index is 676. The third-order valence-corrected chi connectivity index (χ3v) is 3.63. The first kappa shape index (κ1) is 14.3. The van der Waals surface area contributed by atoms with Gasteiger partial charge >= 0.3 is 0 Å². The van der Waals surface area contributed by atoms with Crippen LogP contribution in [0, 0.1) is 11.3 Å². The smallest absolute Gasteiger partial charge is 0.150 e. The van der Waals surface area contributed by atoms with Crippen LogP contribution in [0.2, 0.25) is 0 Å². The van der Waals surface area contributed by atoms with Crippen LogP contribution in [0.1, 0.15) is 21.5 Å². The fourth-order valence-corrected chi connectivity index (χ4v) is 2.70. The standard InChI is InChI=1S/C16H13BrN2O/c1-19(10-13-4-2-3-12(7-13)9-18)16-6-5-14(11-20)8-15(16)17/h2-8,11H,10H2,1H3. The van der Waals surface area contributed by atoms with Crippen molar-refractivity contribution in [1.29, 1.82) is 5.26 Å². The minimum Gasteiger partial charge on any atom is -0.369 e. The molecule has 0 aliphatic heterocycles. The highest BCUT2D eigenvalue weighted by atomic mass is 79.9. The van der Waals surface area contributed by atoms with Gasteiger partial charge in [-0.2, -0.15) is 5.26 Å². The molecule has 100 valence electrons. The Morgan fingerprint density at radius 1 is 1.30 bits per heavy atom. The summed E-state index contributed by atoms with van der Waals surface area (Å²) in [4.78, 5) is 12.8. The monoisotopic (exact) mass is 328 g/mol. The molecule has 20 heavy (non-hydrogen) atoms. The van der Waals surface area contributed by atoms with Gasteiger partial charge < -0.3 is 4.90 Å². The minimum absolute atomic E-state index is 0.639. The third kappa shape index (κ3) is 3.25. The van der Waals surface area contributed by atoms with Crippen molar-refractivity contribution >= 4 is 27.9 Å². The number of carbonyl (C=O) groups excluding carboxylic acids is 1. The zero-order valence-corrected chi connectivity index (χ0v) is 12.6. The van der Waals surface area contributed by atoms with Crippen LogP contribution in [0.3, 0.4) is 0 Å². The highest BCUT2D eigenvalue weighted by molar-refractivity contribution is 9.10. The fraction of sp³-hybridized carbons (Fsp3) is 0.125. The Morgan fingerprint density at radius 2 is 2.10 bits per heavy atom. The van der Waals surface area contributed by atoms with E-state index in [1.807, 2.05) is 31.3 Å². The normalized spacial score (nSPS) is 9.85. The summed E-state index contributed by atoms with van der Waals surface area (Å²) in [5.41, 5.74) is 3.36. The quantitative estimate of drug-likeness (QED) is 0.802. The molecule has 0 N–H and O–H groups in total. The lowest BCUT2D eigenvalue weighted by Crippen LogP contribution is -2.17. The van der Waals surface area contributed by atoms with E-state index < -0.39 is 0 Å². The van der Waals surface area contributed by atoms with Gasteiger partial charge in [0, 0.05) is 23.6 Å². The maximum Gasteiger partial charge on any atom is 0.150 e. The van der Waals surface area contributed by atoms with Crippen molar-refractivity contribution in [1.82, 2.24) is 0 Å². The van der Waals surface area contributed by atoms with Crippen LogP contribution in [-0.2, 0) is 6.54 Å². The molecule has 0 spiro atoms. The SMILES string of the molecule is CN(Cc1cccc(C#N)c1)c1ccc(C=O)cc1Br. The van der Waals surface area contributed by atoms with E-state index in [-0.39, 0.29) is 0 Å². The zero-order chi connectivity index (χ0) is 14.5. The van der Waals surface area contributed by atoms with E-state index in [0.29, 0.717) is 17.7 Å². The van der Waals surface area contributed by atoms with Crippen molar-refractivity contribution in [3.8, 4) is 6.07 Å². The number of nitrogens with zero attached hydrogens (tertiary/aromatic N) is 2. The molecule has 4 heteroatoms. The summed E-state index contributed by atoms with van der Waals surface area (Å²) in [6, 6.07) is 15.2. The number of rotatable bonds is 4. The molecule has 0 fully saturated rings. The van der Waals surface area contributed by atoms with Crippen LogP contribution >= 0.6 is 15.9 Å². The van der Waals surface area contributed by atoms with E-state index in [1.54, 1.807) is 18.2 Å². The molecule has 0 aliphatic rings. The van der Waals surface area contributed by atoms with Gasteiger partial charge in [0.15, 0.2) is 0 Å². The van der Waals surface area contributed by atoms with Crippen LogP contribution in [-0.4, -0.2) is 13.3 Å². The average Bonchev–Trinajstić information content (AvgIpc) is 2.47. The molecule has 0 atom stereocenters. The Morgan fingerprint density at radius 3 is 2.75 bits per heavy atom. The van der Waals surface area contributed by atoms with E-state index in [9.17, 15) is 4.79 Å². The maximum absolute atomic E-state index is 10.7. The predicted molar refractivity (Wildman–Crippen MR) is 82.8 cm³/mol. The topological polar surface area (TPSA) is 44.1 Å². The lowest BCUT2D eigenvalue weighted by atomic mass is 10.1. The molecule has 2 aromatic carbocycles. The molecule has 0 saturated heterocycles. The molecule has 2 aromatic rings. The van der Waals surface area contributed by atoms with E-state index in [4.69, 9.17) is 5.26 Å². The number of anilines is 1. The molecule has 0 unspecified atom stereocenters. The van der Waals surface area contributed by atoms with Gasteiger partial charge in [0.1, 0.15) is 6.29 Å². The molecule has 3 nitrogen and oxygen atoms in total. The Balaban J connectivity index is 2.21. The summed E-state index contributed by atoms with van der Waals surface area (Å²) in [5.74, 6) is 0. The van der Waals surface area contributed by atoms with Gasteiger partial charge in [0.2, 0.25) is 0 Å². The number of carbonyl (C=O) groups is 1. The predicted octanol–water partition coefficient (Wildman–Crippen LogP) is 3.77. The molecule has 0 saturated carbocycles. The number of aldehydes is 1. The number of hydrogen-bond acceptors (Lipinski definition) is 3. The molecule has 0 amide bonds. The van der Waals surface area contributed by atoms with Crippen molar-refractivity contribution in [3.63, 3.8) is 0 Å². The maximum atomic E-state index is 10.7. The van der Waals surface area contributed by atoms with Crippen molar-refractivity contribution in [2.75, 3.05) is 11.9 Å². The summed E-state index contributed by atoms with van der Waals surface area (Å²) >= 11 is 3.48. The number of hydrogen-bond donors (Lipinski definition) is 0. The van der Waals surface area contributed by atoms with Crippen LogP contribution in [0.4, 0.5) is 5.69 Å². The molecular weight excluding hydrogens is 316 g/mol. The van der Waals surface area contributed by atoms with Crippen LogP contribution in [0.5, 0.6) is 0 Å². The van der Waals surface area contributed by atoms with Gasteiger partial charge in [-0.15, -0.1) is 0 Å². The summed E-state index contributed by atoms with van der Waals surface area (Å²) in [6.45, 7) is 0.689. The van der Waals surface area contributed by atoms with Crippen molar-refractivity contribution in [3.05, 3.63) is 63.6 Å². The summed E-state index contributed by atoms with van der Waals surface area (Å²) in [6.07, 6.45) is 0.824. The second-order valence-electron chi connectivity index (χ2n) is 4.50. The second kappa shape index (κ2) is 6.36. The summed E-state index contributed by atoms with van der Waals surface area (Å²) in [7, 11) is 1.97. The first-order valence-electron chi connectivity index (χ1n) is 6.09. The van der Waals surface area contributed by atoms with Gasteiger partial charge in [-0.1, -0.05) is 12.1 Å². The highest BCUT2D eigenvalue weighted by Crippen LogP contribution is 2.27. The largest absolute Gasteiger partial charge is 0.369 e. The number of nitriles is 1. The van der Waals surface area contributed by atoms with Crippen molar-refractivity contribution < 1.29 is 4.79 Å². The van der Waals surface area contributed by atoms with Gasteiger partial charge in [0.25, 0.3) is 0 Å². The lowest BCUT2D eigenvalue weighted by molar-refractivity contribution is 0.112. The molecule has 0 aliphatic carbocycles. The Hall–Kier alpha value is -2.12. The number of halogens is 1. The third-order valence-electron chi connectivity index (χ3n) is 2.99. The van der Waals surface area contributed by atoms with Gasteiger partial charge in [-0.25, -0.2) is 0 Å². The first-order valence-corrected chi connectivity index (χ1v) is 6.88. The van der Waals surface area contributed by atoms with E-state index in [1.165, 1.54) is 0 Å². The average molecular weight is 329 g/mol. The molecule has 2 rings (SSSR count). The first-order chi connectivity index (χ1) is 9.63. The van der Waals surface area contributed by atoms with Gasteiger partial charge in [-0.3, -0.25) is 4.79 Å². The molecular formula is C16H13BrN2O. The Labute approximate surface area is 126 Å². The summed E-state index contributed by atoms with van der Waals surface area (Å²) in [5, 5.41) is 8.91. The highest BCUT2D eigenvalue weighted by Gasteiger charge is 2.07. The van der Waals surface area contributed by atoms with Crippen LogP contribution < -0.4 is 4.90 Å². The Kier molecular flexibility index (Phi) is 4.54. The van der Waals surface area contributed by atoms with Crippen LogP contribution in [0.15, 0.2) is 46.9 Å². The lowest BCUT2D eigenvalue weighted by Gasteiger charge is -2.21. The zero-order valence-electron chi connectivity index (χ0n) is 11.0. The van der Waals surface area contributed by atoms with E-state index in [0.717, 1.165) is 22.0 Å². The molecule has 0 aromatic heterocycles. The van der Waals surface area contributed by atoms with E-state index >= 15 is 0 Å². The number of benzene rings is 2. The molecule has 0 heterocycles. The molecule has 0 bridgehead atoms. The van der Waals surface area contributed by atoms with Crippen molar-refractivity contribution in [2.45, 2.75) is 6.54 Å². The van der Waals surface area contributed by atoms with Crippen LogP contribution in [0.25, 0.3) is 0 Å².